The number of nitrogens with zero attached hydrogens (tertiary/aromatic N) is 3. The number of ether oxygens (including phenoxy) is 2. The number of fused-ring (bicyclic) bond motifs is 8. The van der Waals surface area contributed by atoms with Crippen LogP contribution in [0.3, 0.4) is 0 Å². The third kappa shape index (κ3) is 9.49. The standard InChI is InChI=1S/C40H55N5O3.CH3ClO/c1-10-16-47-18-19-48-17-15-45(9)39(46)14-13-31-27(7)36-22-34-25(5)30(12-3)38(42-34)23-35-26(6)29(11-2)37(43-35)21-32-24(4)20-33(41-32)28(8)40(31)44-36;1-3-2/h20-23,27,31,42-43H,10-19H2,1-9H3;1H3/t27?,31-;/m0./s1. The van der Waals surface area contributed by atoms with Crippen LogP contribution in [-0.4, -0.2) is 77.9 Å². The van der Waals surface area contributed by atoms with Gasteiger partial charge in [-0.15, -0.1) is 0 Å². The zero-order valence-corrected chi connectivity index (χ0v) is 33.1. The zero-order chi connectivity index (χ0) is 37.2. The van der Waals surface area contributed by atoms with E-state index in [0.29, 0.717) is 32.8 Å². The van der Waals surface area contributed by atoms with Crippen LogP contribution in [0, 0.1) is 20.8 Å². The topological polar surface area (TPSA) is 105 Å². The fraction of sp³-hybridized carbons (Fsp3) is 0.537. The average molecular weight is 720 g/mol. The summed E-state index contributed by atoms with van der Waals surface area (Å²) >= 11 is 4.50. The van der Waals surface area contributed by atoms with Crippen molar-refractivity contribution < 1.29 is 18.6 Å². The van der Waals surface area contributed by atoms with E-state index in [1.807, 2.05) is 7.05 Å². The van der Waals surface area contributed by atoms with Crippen LogP contribution in [0.25, 0.3) is 33.7 Å². The van der Waals surface area contributed by atoms with Crippen molar-refractivity contribution in [2.24, 2.45) is 0 Å². The molecule has 0 radical (unpaired) electrons. The van der Waals surface area contributed by atoms with Crippen LogP contribution in [0.5, 0.6) is 0 Å². The van der Waals surface area contributed by atoms with Crippen LogP contribution >= 0.6 is 11.9 Å². The van der Waals surface area contributed by atoms with Crippen LogP contribution < -0.4 is 0 Å². The summed E-state index contributed by atoms with van der Waals surface area (Å²) in [6, 6.07) is 6.70. The number of carbonyl (C=O) groups excluding carboxylic acids is 1. The Kier molecular flexibility index (Phi) is 14.9. The van der Waals surface area contributed by atoms with E-state index in [1.54, 1.807) is 4.90 Å². The molecule has 3 aromatic heterocycles. The second-order valence-electron chi connectivity index (χ2n) is 13.6. The molecule has 51 heavy (non-hydrogen) atoms. The maximum atomic E-state index is 13.3. The van der Waals surface area contributed by atoms with E-state index in [1.165, 1.54) is 29.4 Å². The first-order chi connectivity index (χ1) is 24.5. The minimum Gasteiger partial charge on any atom is -0.379 e. The maximum absolute atomic E-state index is 13.3. The molecule has 0 saturated carbocycles. The quantitative estimate of drug-likeness (QED) is 0.171. The number of hydrogen-bond acceptors (Lipinski definition) is 6. The fourth-order valence-electron chi connectivity index (χ4n) is 7.17. The van der Waals surface area contributed by atoms with Gasteiger partial charge in [0.05, 0.1) is 50.2 Å². The summed E-state index contributed by atoms with van der Waals surface area (Å²) in [4.78, 5) is 33.0. The number of amides is 1. The van der Waals surface area contributed by atoms with Crippen LogP contribution in [0.1, 0.15) is 116 Å². The summed E-state index contributed by atoms with van der Waals surface area (Å²) in [6.45, 7) is 20.4. The van der Waals surface area contributed by atoms with Gasteiger partial charge < -0.3 is 24.3 Å². The molecular formula is C41H58ClN5O4. The normalized spacial score (nSPS) is 15.4. The number of rotatable bonds is 13. The molecule has 0 spiro atoms. The second-order valence-corrected chi connectivity index (χ2v) is 13.9. The molecule has 8 bridgehead atoms. The number of nitrogens with one attached hydrogen (secondary N) is 2. The minimum atomic E-state index is 0.104. The van der Waals surface area contributed by atoms with E-state index >= 15 is 0 Å². The van der Waals surface area contributed by atoms with Gasteiger partial charge in [-0.25, -0.2) is 4.98 Å². The van der Waals surface area contributed by atoms with Crippen LogP contribution in [-0.2, 0) is 31.4 Å². The Bertz CT molecular complexity index is 1860. The molecule has 2 aliphatic rings. The first-order valence-electron chi connectivity index (χ1n) is 18.4. The summed E-state index contributed by atoms with van der Waals surface area (Å²) < 4.78 is 14.9. The molecule has 10 heteroatoms. The molecule has 1 unspecified atom stereocenters. The molecule has 0 fully saturated rings. The Balaban J connectivity index is 0.00000188. The smallest absolute Gasteiger partial charge is 0.222 e. The van der Waals surface area contributed by atoms with Gasteiger partial charge in [0, 0.05) is 71.9 Å². The number of likely N-dealkylation sites (N-methyl/N-ethyl adjacent to an activating group) is 1. The number of hydrogen-bond donors (Lipinski definition) is 2. The molecule has 2 aliphatic heterocycles. The number of allylic oxidation sites excluding steroid dienone is 1. The van der Waals surface area contributed by atoms with Gasteiger partial charge >= 0.3 is 0 Å². The molecule has 278 valence electrons. The Morgan fingerprint density at radius 2 is 1.43 bits per heavy atom. The van der Waals surface area contributed by atoms with Crippen molar-refractivity contribution in [1.29, 1.82) is 0 Å². The highest BCUT2D eigenvalue weighted by Crippen LogP contribution is 2.42. The molecular weight excluding hydrogens is 662 g/mol. The summed E-state index contributed by atoms with van der Waals surface area (Å²) in [7, 11) is 3.25. The van der Waals surface area contributed by atoms with E-state index in [-0.39, 0.29) is 17.7 Å². The predicted octanol–water partition coefficient (Wildman–Crippen LogP) is 9.28. The van der Waals surface area contributed by atoms with Crippen molar-refractivity contribution in [2.45, 2.75) is 99.3 Å². The average Bonchev–Trinajstić information content (AvgIpc) is 3.81. The van der Waals surface area contributed by atoms with Crippen molar-refractivity contribution in [3.8, 4) is 0 Å². The first kappa shape index (κ1) is 40.3. The highest BCUT2D eigenvalue weighted by molar-refractivity contribution is 6.07. The third-order valence-electron chi connectivity index (χ3n) is 10.3. The molecule has 0 saturated heterocycles. The highest BCUT2D eigenvalue weighted by atomic mass is 35.5. The molecule has 3 aromatic rings. The predicted molar refractivity (Wildman–Crippen MR) is 210 cm³/mol. The van der Waals surface area contributed by atoms with Gasteiger partial charge in [-0.1, -0.05) is 27.7 Å². The van der Waals surface area contributed by atoms with E-state index < -0.39 is 0 Å². The molecule has 5 rings (SSSR count). The van der Waals surface area contributed by atoms with Crippen molar-refractivity contribution >= 4 is 51.5 Å². The van der Waals surface area contributed by atoms with E-state index in [0.717, 1.165) is 88.3 Å². The monoisotopic (exact) mass is 719 g/mol. The molecule has 9 nitrogen and oxygen atoms in total. The molecule has 0 aromatic carbocycles. The lowest BCUT2D eigenvalue weighted by atomic mass is 9.85. The Morgan fingerprint density at radius 3 is 2.04 bits per heavy atom. The molecule has 2 atom stereocenters. The zero-order valence-electron chi connectivity index (χ0n) is 32.4. The number of aromatic amines is 2. The summed E-state index contributed by atoms with van der Waals surface area (Å²) in [5.74, 6) is 0.380. The molecule has 1 amide bonds. The van der Waals surface area contributed by atoms with Crippen molar-refractivity contribution in [3.05, 3.63) is 68.8 Å². The number of carbonyl (C=O) groups is 1. The lowest BCUT2D eigenvalue weighted by Gasteiger charge is -2.21. The van der Waals surface area contributed by atoms with Gasteiger partial charge in [0.25, 0.3) is 0 Å². The minimum absolute atomic E-state index is 0.104. The largest absolute Gasteiger partial charge is 0.379 e. The SMILES string of the molecule is CCCOCCOCCN(C)C(=O)CC[C@@H]1c2nc(cc3[nH]c(cc4[nH]c(cc5nc(c2C)C=C5C)c(CC)c4C)c(CC)c3C)C1C.COCl. The Labute approximate surface area is 309 Å². The summed E-state index contributed by atoms with van der Waals surface area (Å²) in [5, 5.41) is 0. The van der Waals surface area contributed by atoms with Gasteiger partial charge in [0.15, 0.2) is 0 Å². The lowest BCUT2D eigenvalue weighted by molar-refractivity contribution is -0.130. The Hall–Kier alpha value is -3.50. The number of halogens is 1. The van der Waals surface area contributed by atoms with E-state index in [2.05, 4.69) is 106 Å². The number of H-pyrrole nitrogens is 2. The lowest BCUT2D eigenvalue weighted by Crippen LogP contribution is -2.30. The van der Waals surface area contributed by atoms with Crippen LogP contribution in [0.4, 0.5) is 0 Å². The number of aryl methyl sites for hydroxylation is 4. The number of aromatic nitrogens is 4. The molecule has 5 heterocycles. The van der Waals surface area contributed by atoms with Crippen molar-refractivity contribution in [2.75, 3.05) is 47.1 Å². The maximum Gasteiger partial charge on any atom is 0.222 e. The summed E-state index contributed by atoms with van der Waals surface area (Å²) in [5.41, 5.74) is 15.9. The van der Waals surface area contributed by atoms with Gasteiger partial charge in [-0.2, -0.15) is 0 Å². The van der Waals surface area contributed by atoms with Gasteiger partial charge in [-0.3, -0.25) is 14.1 Å². The van der Waals surface area contributed by atoms with Gasteiger partial charge in [0.2, 0.25) is 5.91 Å². The first-order valence-corrected chi connectivity index (χ1v) is 18.7. The highest BCUT2D eigenvalue weighted by Gasteiger charge is 2.31. The van der Waals surface area contributed by atoms with Crippen LogP contribution in [0.15, 0.2) is 18.2 Å². The Morgan fingerprint density at radius 1 is 0.843 bits per heavy atom. The fourth-order valence-corrected chi connectivity index (χ4v) is 7.17. The molecule has 0 aliphatic carbocycles. The third-order valence-corrected chi connectivity index (χ3v) is 10.3. The van der Waals surface area contributed by atoms with Crippen molar-refractivity contribution in [3.63, 3.8) is 0 Å². The van der Waals surface area contributed by atoms with E-state index in [9.17, 15) is 4.79 Å². The van der Waals surface area contributed by atoms with Gasteiger partial charge in [0.1, 0.15) is 0 Å². The van der Waals surface area contributed by atoms with E-state index in [4.69, 9.17) is 19.4 Å². The van der Waals surface area contributed by atoms with Gasteiger partial charge in [-0.05, 0) is 111 Å². The van der Waals surface area contributed by atoms with Crippen molar-refractivity contribution in [1.82, 2.24) is 24.8 Å². The molecule has 2 N–H and O–H groups in total. The summed E-state index contributed by atoms with van der Waals surface area (Å²) in [6.07, 6.45) is 6.22. The second kappa shape index (κ2) is 18.8. The van der Waals surface area contributed by atoms with Crippen LogP contribution in [0.2, 0.25) is 0 Å².